The van der Waals surface area contributed by atoms with E-state index in [1.165, 1.54) is 32.2 Å². The standard InChI is InChI=1S/C12H13ClN2O4S/c1-8(12(16)17)7-15(2)20(18,19)11-5-9(6-14)3-4-10(11)13/h3-5,8H,7H2,1-2H3,(H,16,17). The third kappa shape index (κ3) is 3.48. The summed E-state index contributed by atoms with van der Waals surface area (Å²) in [6, 6.07) is 5.72. The number of nitrogens with zero attached hydrogens (tertiary/aromatic N) is 2. The Kier molecular flexibility index (Phi) is 5.11. The summed E-state index contributed by atoms with van der Waals surface area (Å²) in [5.41, 5.74) is 0.160. The molecule has 0 aromatic heterocycles. The number of carbonyl (C=O) groups is 1. The van der Waals surface area contributed by atoms with Crippen molar-refractivity contribution in [2.24, 2.45) is 5.92 Å². The highest BCUT2D eigenvalue weighted by Gasteiger charge is 2.27. The van der Waals surface area contributed by atoms with Gasteiger partial charge in [0.2, 0.25) is 10.0 Å². The van der Waals surface area contributed by atoms with Gasteiger partial charge in [-0.2, -0.15) is 5.26 Å². The highest BCUT2D eigenvalue weighted by Crippen LogP contribution is 2.25. The number of hydrogen-bond acceptors (Lipinski definition) is 4. The van der Waals surface area contributed by atoms with Crippen molar-refractivity contribution in [3.05, 3.63) is 28.8 Å². The van der Waals surface area contributed by atoms with Gasteiger partial charge in [-0.15, -0.1) is 0 Å². The molecule has 0 amide bonds. The van der Waals surface area contributed by atoms with Crippen LogP contribution in [0.5, 0.6) is 0 Å². The third-order valence-corrected chi connectivity index (χ3v) is 5.01. The summed E-state index contributed by atoms with van der Waals surface area (Å²) < 4.78 is 25.5. The van der Waals surface area contributed by atoms with E-state index in [2.05, 4.69) is 0 Å². The zero-order valence-electron chi connectivity index (χ0n) is 10.9. The van der Waals surface area contributed by atoms with E-state index >= 15 is 0 Å². The number of nitriles is 1. The molecule has 0 aliphatic carbocycles. The molecule has 0 fully saturated rings. The van der Waals surface area contributed by atoms with Gasteiger partial charge in [-0.05, 0) is 18.2 Å². The van der Waals surface area contributed by atoms with Crippen LogP contribution in [-0.4, -0.2) is 37.4 Å². The Morgan fingerprint density at radius 3 is 2.65 bits per heavy atom. The van der Waals surface area contributed by atoms with Gasteiger partial charge in [0.05, 0.1) is 22.6 Å². The largest absolute Gasteiger partial charge is 0.481 e. The quantitative estimate of drug-likeness (QED) is 0.888. The summed E-state index contributed by atoms with van der Waals surface area (Å²) >= 11 is 5.85. The summed E-state index contributed by atoms with van der Waals surface area (Å²) in [7, 11) is -2.68. The fraction of sp³-hybridized carbons (Fsp3) is 0.333. The fourth-order valence-electron chi connectivity index (χ4n) is 1.50. The molecule has 8 heteroatoms. The van der Waals surface area contributed by atoms with E-state index in [9.17, 15) is 13.2 Å². The maximum atomic E-state index is 12.3. The van der Waals surface area contributed by atoms with Gasteiger partial charge >= 0.3 is 5.97 Å². The van der Waals surface area contributed by atoms with Crippen LogP contribution in [0.3, 0.4) is 0 Å². The summed E-state index contributed by atoms with van der Waals surface area (Å²) in [5.74, 6) is -1.95. The molecule has 0 aliphatic rings. The van der Waals surface area contributed by atoms with E-state index in [0.29, 0.717) is 0 Å². The van der Waals surface area contributed by atoms with Crippen molar-refractivity contribution >= 4 is 27.6 Å². The number of aliphatic carboxylic acids is 1. The Morgan fingerprint density at radius 1 is 1.55 bits per heavy atom. The average molecular weight is 317 g/mol. The van der Waals surface area contributed by atoms with Crippen molar-refractivity contribution in [2.75, 3.05) is 13.6 Å². The summed E-state index contributed by atoms with van der Waals surface area (Å²) in [6.07, 6.45) is 0. The molecular formula is C12H13ClN2O4S. The van der Waals surface area contributed by atoms with Gasteiger partial charge in [0, 0.05) is 13.6 Å². The SMILES string of the molecule is CC(CN(C)S(=O)(=O)c1cc(C#N)ccc1Cl)C(=O)O. The lowest BCUT2D eigenvalue weighted by molar-refractivity contribution is -0.141. The minimum Gasteiger partial charge on any atom is -0.481 e. The van der Waals surface area contributed by atoms with Crippen molar-refractivity contribution in [1.82, 2.24) is 4.31 Å². The number of sulfonamides is 1. The van der Waals surface area contributed by atoms with Gasteiger partial charge in [0.1, 0.15) is 4.90 Å². The Morgan fingerprint density at radius 2 is 2.15 bits per heavy atom. The lowest BCUT2D eigenvalue weighted by atomic mass is 10.2. The zero-order valence-corrected chi connectivity index (χ0v) is 12.4. The monoisotopic (exact) mass is 316 g/mol. The Hall–Kier alpha value is -1.62. The van der Waals surface area contributed by atoms with Crippen LogP contribution in [0.25, 0.3) is 0 Å². The highest BCUT2D eigenvalue weighted by atomic mass is 35.5. The Balaban J connectivity index is 3.17. The van der Waals surface area contributed by atoms with Crippen LogP contribution in [0.1, 0.15) is 12.5 Å². The first-order valence-corrected chi connectivity index (χ1v) is 7.40. The number of halogens is 1. The predicted molar refractivity (Wildman–Crippen MR) is 72.8 cm³/mol. The maximum Gasteiger partial charge on any atom is 0.307 e. The van der Waals surface area contributed by atoms with Gasteiger partial charge < -0.3 is 5.11 Å². The second-order valence-electron chi connectivity index (χ2n) is 4.28. The van der Waals surface area contributed by atoms with Gasteiger partial charge in [0.15, 0.2) is 0 Å². The van der Waals surface area contributed by atoms with Gasteiger partial charge in [-0.25, -0.2) is 12.7 Å². The molecule has 1 aromatic carbocycles. The molecule has 1 aromatic rings. The molecule has 1 rings (SSSR count). The van der Waals surface area contributed by atoms with E-state index in [1.54, 1.807) is 0 Å². The second kappa shape index (κ2) is 6.22. The molecule has 1 unspecified atom stereocenters. The minimum atomic E-state index is -3.94. The van der Waals surface area contributed by atoms with Gasteiger partial charge in [-0.1, -0.05) is 18.5 Å². The second-order valence-corrected chi connectivity index (χ2v) is 6.70. The molecule has 0 saturated heterocycles. The summed E-state index contributed by atoms with van der Waals surface area (Å²) in [4.78, 5) is 10.6. The Labute approximate surface area is 122 Å². The van der Waals surface area contributed by atoms with E-state index in [1.807, 2.05) is 6.07 Å². The first-order valence-electron chi connectivity index (χ1n) is 5.59. The molecule has 20 heavy (non-hydrogen) atoms. The number of hydrogen-bond donors (Lipinski definition) is 1. The van der Waals surface area contributed by atoms with Crippen molar-refractivity contribution in [3.8, 4) is 6.07 Å². The lowest BCUT2D eigenvalue weighted by Crippen LogP contribution is -2.33. The highest BCUT2D eigenvalue weighted by molar-refractivity contribution is 7.89. The van der Waals surface area contributed by atoms with Crippen LogP contribution in [0, 0.1) is 17.2 Å². The van der Waals surface area contributed by atoms with Crippen LogP contribution < -0.4 is 0 Å². The lowest BCUT2D eigenvalue weighted by Gasteiger charge is -2.20. The molecule has 0 spiro atoms. The van der Waals surface area contributed by atoms with Crippen molar-refractivity contribution in [1.29, 1.82) is 5.26 Å². The number of carboxylic acids is 1. The molecule has 0 bridgehead atoms. The molecule has 0 saturated carbocycles. The predicted octanol–water partition coefficient (Wildman–Crippen LogP) is 1.55. The van der Waals surface area contributed by atoms with Crippen LogP contribution in [0.2, 0.25) is 5.02 Å². The smallest absolute Gasteiger partial charge is 0.307 e. The molecule has 1 atom stereocenters. The summed E-state index contributed by atoms with van der Waals surface area (Å²) in [6.45, 7) is 1.21. The van der Waals surface area contributed by atoms with E-state index in [-0.39, 0.29) is 22.0 Å². The van der Waals surface area contributed by atoms with Crippen LogP contribution >= 0.6 is 11.6 Å². The van der Waals surface area contributed by atoms with Crippen molar-refractivity contribution in [2.45, 2.75) is 11.8 Å². The van der Waals surface area contributed by atoms with Crippen LogP contribution in [0.15, 0.2) is 23.1 Å². The van der Waals surface area contributed by atoms with Gasteiger partial charge in [-0.3, -0.25) is 4.79 Å². The number of benzene rings is 1. The first-order chi connectivity index (χ1) is 9.20. The van der Waals surface area contributed by atoms with Crippen molar-refractivity contribution in [3.63, 3.8) is 0 Å². The number of rotatable bonds is 5. The van der Waals surface area contributed by atoms with E-state index in [4.69, 9.17) is 22.0 Å². The Bertz CT molecular complexity index is 667. The van der Waals surface area contributed by atoms with Crippen LogP contribution in [-0.2, 0) is 14.8 Å². The van der Waals surface area contributed by atoms with Gasteiger partial charge in [0.25, 0.3) is 0 Å². The van der Waals surface area contributed by atoms with Crippen LogP contribution in [0.4, 0.5) is 0 Å². The molecule has 0 aliphatic heterocycles. The minimum absolute atomic E-state index is 0.0150. The fourth-order valence-corrected chi connectivity index (χ4v) is 3.26. The normalized spacial score (nSPS) is 12.9. The van der Waals surface area contributed by atoms with Crippen molar-refractivity contribution < 1.29 is 18.3 Å². The maximum absolute atomic E-state index is 12.3. The van der Waals surface area contributed by atoms with E-state index < -0.39 is 21.9 Å². The summed E-state index contributed by atoms with van der Waals surface area (Å²) in [5, 5.41) is 17.6. The first kappa shape index (κ1) is 16.4. The number of carboxylic acid groups (broad SMARTS) is 1. The topological polar surface area (TPSA) is 98.5 Å². The zero-order chi connectivity index (χ0) is 15.5. The average Bonchev–Trinajstić information content (AvgIpc) is 2.38. The molecule has 108 valence electrons. The molecule has 6 nitrogen and oxygen atoms in total. The third-order valence-electron chi connectivity index (χ3n) is 2.70. The molecule has 1 N–H and O–H groups in total. The molecule has 0 heterocycles. The molecule has 0 radical (unpaired) electrons. The van der Waals surface area contributed by atoms with E-state index in [0.717, 1.165) is 4.31 Å². The molecular weight excluding hydrogens is 304 g/mol.